The van der Waals surface area contributed by atoms with Gasteiger partial charge < -0.3 is 10.6 Å². The van der Waals surface area contributed by atoms with Gasteiger partial charge in [-0.3, -0.25) is 4.79 Å². The van der Waals surface area contributed by atoms with Gasteiger partial charge in [-0.2, -0.15) is 4.31 Å². The summed E-state index contributed by atoms with van der Waals surface area (Å²) in [7, 11) is -1.49. The van der Waals surface area contributed by atoms with Crippen molar-refractivity contribution in [1.29, 1.82) is 0 Å². The normalized spacial score (nSPS) is 21.3. The summed E-state index contributed by atoms with van der Waals surface area (Å²) in [5.74, 6) is -0.0533. The maximum absolute atomic E-state index is 12.2. The van der Waals surface area contributed by atoms with Gasteiger partial charge in [0.25, 0.3) is 0 Å². The van der Waals surface area contributed by atoms with E-state index in [0.29, 0.717) is 32.5 Å². The molecule has 0 aromatic rings. The van der Waals surface area contributed by atoms with Gasteiger partial charge >= 0.3 is 0 Å². The lowest BCUT2D eigenvalue weighted by atomic mass is 10.0. The van der Waals surface area contributed by atoms with Gasteiger partial charge in [-0.05, 0) is 26.3 Å². The van der Waals surface area contributed by atoms with Gasteiger partial charge in [-0.15, -0.1) is 0 Å². The molecule has 0 aliphatic carbocycles. The Balaban J connectivity index is 2.69. The van der Waals surface area contributed by atoms with Crippen molar-refractivity contribution in [3.63, 3.8) is 0 Å². The first-order valence-corrected chi connectivity index (χ1v) is 8.55. The van der Waals surface area contributed by atoms with Gasteiger partial charge in [0, 0.05) is 19.6 Å². The third-order valence-corrected chi connectivity index (χ3v) is 5.33. The van der Waals surface area contributed by atoms with E-state index >= 15 is 0 Å². The van der Waals surface area contributed by atoms with Crippen molar-refractivity contribution < 1.29 is 13.2 Å². The number of carbonyl (C=O) groups excluding carboxylic acids is 1. The van der Waals surface area contributed by atoms with Crippen molar-refractivity contribution in [2.75, 3.05) is 32.4 Å². The fraction of sp³-hybridized carbons (Fsp3) is 0.917. The van der Waals surface area contributed by atoms with Crippen LogP contribution in [0.1, 0.15) is 32.6 Å². The molecule has 19 heavy (non-hydrogen) atoms. The molecule has 1 unspecified atom stereocenters. The third kappa shape index (κ3) is 4.74. The second-order valence-corrected chi connectivity index (χ2v) is 6.87. The van der Waals surface area contributed by atoms with Crippen molar-refractivity contribution in [1.82, 2.24) is 14.9 Å². The third-order valence-electron chi connectivity index (χ3n) is 3.25. The van der Waals surface area contributed by atoms with E-state index in [2.05, 4.69) is 10.6 Å². The van der Waals surface area contributed by atoms with E-state index < -0.39 is 16.1 Å². The fourth-order valence-electron chi connectivity index (χ4n) is 2.30. The maximum Gasteiger partial charge on any atom is 0.238 e. The van der Waals surface area contributed by atoms with Crippen LogP contribution in [0.3, 0.4) is 0 Å². The highest BCUT2D eigenvalue weighted by molar-refractivity contribution is 7.89. The zero-order chi connectivity index (χ0) is 14.3. The van der Waals surface area contributed by atoms with Crippen molar-refractivity contribution >= 4 is 15.9 Å². The molecule has 1 aliphatic rings. The van der Waals surface area contributed by atoms with E-state index in [1.807, 2.05) is 14.0 Å². The molecule has 2 N–H and O–H groups in total. The Labute approximate surface area is 116 Å². The van der Waals surface area contributed by atoms with E-state index in [4.69, 9.17) is 0 Å². The lowest BCUT2D eigenvalue weighted by molar-refractivity contribution is -0.125. The van der Waals surface area contributed by atoms with Crippen molar-refractivity contribution in [3.8, 4) is 0 Å². The number of amides is 1. The lowest BCUT2D eigenvalue weighted by Crippen LogP contribution is -2.53. The van der Waals surface area contributed by atoms with E-state index in [-0.39, 0.29) is 11.7 Å². The number of hydrogen-bond donors (Lipinski definition) is 2. The topological polar surface area (TPSA) is 78.5 Å². The highest BCUT2D eigenvalue weighted by Gasteiger charge is 2.35. The Kier molecular flexibility index (Phi) is 6.74. The molecular weight excluding hydrogens is 266 g/mol. The standard InChI is InChI=1S/C12H25N3O3S/c1-3-10-19(17,18)15-9-5-4-6-11(15)12(16)14-8-7-13-2/h11,13H,3-10H2,1-2H3,(H,14,16). The molecule has 1 fully saturated rings. The van der Waals surface area contributed by atoms with E-state index in [0.717, 1.165) is 12.8 Å². The molecule has 1 rings (SSSR count). The molecule has 0 aromatic heterocycles. The van der Waals surface area contributed by atoms with Crippen molar-refractivity contribution in [2.45, 2.75) is 38.6 Å². The van der Waals surface area contributed by atoms with E-state index in [1.165, 1.54) is 4.31 Å². The minimum Gasteiger partial charge on any atom is -0.353 e. The van der Waals surface area contributed by atoms with Crippen LogP contribution < -0.4 is 10.6 Å². The van der Waals surface area contributed by atoms with Gasteiger partial charge in [0.1, 0.15) is 6.04 Å². The van der Waals surface area contributed by atoms with Crippen LogP contribution >= 0.6 is 0 Å². The van der Waals surface area contributed by atoms with Crippen LogP contribution in [0.25, 0.3) is 0 Å². The summed E-state index contributed by atoms with van der Waals surface area (Å²) in [6, 6.07) is -0.526. The first kappa shape index (κ1) is 16.4. The molecule has 1 heterocycles. The predicted molar refractivity (Wildman–Crippen MR) is 75.4 cm³/mol. The molecule has 1 saturated heterocycles. The monoisotopic (exact) mass is 291 g/mol. The molecule has 1 amide bonds. The van der Waals surface area contributed by atoms with Crippen molar-refractivity contribution in [3.05, 3.63) is 0 Å². The highest BCUT2D eigenvalue weighted by Crippen LogP contribution is 2.21. The molecule has 0 saturated carbocycles. The molecule has 0 bridgehead atoms. The number of nitrogens with zero attached hydrogens (tertiary/aromatic N) is 1. The van der Waals surface area contributed by atoms with Gasteiger partial charge in [0.2, 0.25) is 15.9 Å². The molecule has 6 nitrogen and oxygen atoms in total. The predicted octanol–water partition coefficient (Wildman–Crippen LogP) is -0.0837. The average Bonchev–Trinajstić information content (AvgIpc) is 2.39. The number of carbonyl (C=O) groups is 1. The summed E-state index contributed by atoms with van der Waals surface area (Å²) in [6.45, 7) is 3.50. The quantitative estimate of drug-likeness (QED) is 0.643. The molecule has 0 aromatic carbocycles. The molecule has 112 valence electrons. The zero-order valence-corrected chi connectivity index (χ0v) is 12.6. The zero-order valence-electron chi connectivity index (χ0n) is 11.8. The Bertz CT molecular complexity index is 384. The van der Waals surface area contributed by atoms with Crippen LogP contribution in [0.15, 0.2) is 0 Å². The summed E-state index contributed by atoms with van der Waals surface area (Å²) in [4.78, 5) is 12.1. The maximum atomic E-state index is 12.2. The summed E-state index contributed by atoms with van der Waals surface area (Å²) >= 11 is 0. The number of hydrogen-bond acceptors (Lipinski definition) is 4. The summed E-state index contributed by atoms with van der Waals surface area (Å²) in [5, 5.41) is 5.73. The Hall–Kier alpha value is -0.660. The van der Waals surface area contributed by atoms with Gasteiger partial charge in [-0.25, -0.2) is 8.42 Å². The number of nitrogens with one attached hydrogen (secondary N) is 2. The Morgan fingerprint density at radius 1 is 1.32 bits per heavy atom. The Morgan fingerprint density at radius 2 is 2.05 bits per heavy atom. The number of sulfonamides is 1. The molecule has 1 atom stereocenters. The average molecular weight is 291 g/mol. The smallest absolute Gasteiger partial charge is 0.238 e. The van der Waals surface area contributed by atoms with Gasteiger partial charge in [-0.1, -0.05) is 13.3 Å². The number of piperidine rings is 1. The fourth-order valence-corrected chi connectivity index (χ4v) is 4.05. The molecule has 0 radical (unpaired) electrons. The van der Waals surface area contributed by atoms with Crippen molar-refractivity contribution in [2.24, 2.45) is 0 Å². The van der Waals surface area contributed by atoms with E-state index in [9.17, 15) is 13.2 Å². The second kappa shape index (κ2) is 7.81. The van der Waals surface area contributed by atoms with Crippen LogP contribution in [0.4, 0.5) is 0 Å². The van der Waals surface area contributed by atoms with Crippen LogP contribution in [-0.4, -0.2) is 57.1 Å². The summed E-state index contributed by atoms with van der Waals surface area (Å²) < 4.78 is 25.7. The molecule has 7 heteroatoms. The first-order valence-electron chi connectivity index (χ1n) is 6.94. The number of likely N-dealkylation sites (N-methyl/N-ethyl adjacent to an activating group) is 1. The van der Waals surface area contributed by atoms with Crippen LogP contribution in [0.5, 0.6) is 0 Å². The largest absolute Gasteiger partial charge is 0.353 e. The molecular formula is C12H25N3O3S. The highest BCUT2D eigenvalue weighted by atomic mass is 32.2. The minimum absolute atomic E-state index is 0.118. The number of rotatable bonds is 7. The van der Waals surface area contributed by atoms with Crippen LogP contribution in [0, 0.1) is 0 Å². The lowest BCUT2D eigenvalue weighted by Gasteiger charge is -2.33. The first-order chi connectivity index (χ1) is 9.03. The second-order valence-electron chi connectivity index (χ2n) is 4.83. The molecule has 1 aliphatic heterocycles. The molecule has 0 spiro atoms. The van der Waals surface area contributed by atoms with Gasteiger partial charge in [0.05, 0.1) is 5.75 Å². The SMILES string of the molecule is CCCS(=O)(=O)N1CCCCC1C(=O)NCCNC. The van der Waals surface area contributed by atoms with Crippen LogP contribution in [0.2, 0.25) is 0 Å². The summed E-state index contributed by atoms with van der Waals surface area (Å²) in [5.41, 5.74) is 0. The minimum atomic E-state index is -3.30. The Morgan fingerprint density at radius 3 is 2.68 bits per heavy atom. The van der Waals surface area contributed by atoms with Crippen LogP contribution in [-0.2, 0) is 14.8 Å². The summed E-state index contributed by atoms with van der Waals surface area (Å²) in [6.07, 6.45) is 2.94. The van der Waals surface area contributed by atoms with Gasteiger partial charge in [0.15, 0.2) is 0 Å². The van der Waals surface area contributed by atoms with E-state index in [1.54, 1.807) is 0 Å².